The predicted octanol–water partition coefficient (Wildman–Crippen LogP) is 2.90. The quantitative estimate of drug-likeness (QED) is 0.811. The molecule has 1 aliphatic heterocycles. The highest BCUT2D eigenvalue weighted by Crippen LogP contribution is 2.40. The van der Waals surface area contributed by atoms with Crippen molar-refractivity contribution in [3.8, 4) is 0 Å². The summed E-state index contributed by atoms with van der Waals surface area (Å²) < 4.78 is 5.51. The fourth-order valence-corrected chi connectivity index (χ4v) is 4.30. The van der Waals surface area contributed by atoms with E-state index in [2.05, 4.69) is 31.1 Å². The number of nitrogens with zero attached hydrogens (tertiary/aromatic N) is 1. The molecule has 1 saturated carbocycles. The molecule has 1 N–H and O–H groups in total. The second-order valence-corrected chi connectivity index (χ2v) is 7.24. The van der Waals surface area contributed by atoms with Crippen molar-refractivity contribution in [3.05, 3.63) is 0 Å². The molecular formula is C17H34N2O. The Morgan fingerprint density at radius 2 is 2.00 bits per heavy atom. The Hall–Kier alpha value is -0.120. The normalized spacial score (nSPS) is 32.7. The van der Waals surface area contributed by atoms with Gasteiger partial charge >= 0.3 is 0 Å². The Morgan fingerprint density at radius 1 is 1.25 bits per heavy atom. The minimum atomic E-state index is 0.501. The first-order chi connectivity index (χ1) is 9.65. The van der Waals surface area contributed by atoms with Crippen LogP contribution in [0.4, 0.5) is 0 Å². The van der Waals surface area contributed by atoms with Gasteiger partial charge in [-0.05, 0) is 50.6 Å². The first-order valence-corrected chi connectivity index (χ1v) is 8.64. The lowest BCUT2D eigenvalue weighted by molar-refractivity contribution is 0.0146. The number of ether oxygens (including phenoxy) is 1. The smallest absolute Gasteiger partial charge is 0.0480 e. The Kier molecular flexibility index (Phi) is 6.31. The van der Waals surface area contributed by atoms with Crippen molar-refractivity contribution < 1.29 is 4.74 Å². The second-order valence-electron chi connectivity index (χ2n) is 7.24. The van der Waals surface area contributed by atoms with Crippen molar-refractivity contribution in [2.24, 2.45) is 11.3 Å². The lowest BCUT2D eigenvalue weighted by Gasteiger charge is -2.45. The van der Waals surface area contributed by atoms with Crippen LogP contribution >= 0.6 is 0 Å². The van der Waals surface area contributed by atoms with Gasteiger partial charge in [-0.1, -0.05) is 26.7 Å². The van der Waals surface area contributed by atoms with E-state index in [1.165, 1.54) is 51.6 Å². The van der Waals surface area contributed by atoms with Gasteiger partial charge < -0.3 is 15.0 Å². The summed E-state index contributed by atoms with van der Waals surface area (Å²) in [7, 11) is 2.34. The van der Waals surface area contributed by atoms with Crippen LogP contribution in [0.15, 0.2) is 0 Å². The SMILES string of the molecule is CCNCC1(CN(C)C2CCOCC2)CCCC(C)C1. The van der Waals surface area contributed by atoms with E-state index in [1.807, 2.05) is 0 Å². The van der Waals surface area contributed by atoms with Crippen LogP contribution in [0.1, 0.15) is 52.4 Å². The zero-order chi connectivity index (χ0) is 14.4. The molecule has 0 amide bonds. The minimum Gasteiger partial charge on any atom is -0.381 e. The van der Waals surface area contributed by atoms with Crippen molar-refractivity contribution in [1.82, 2.24) is 10.2 Å². The van der Waals surface area contributed by atoms with E-state index in [0.717, 1.165) is 31.7 Å². The van der Waals surface area contributed by atoms with Gasteiger partial charge in [-0.2, -0.15) is 0 Å². The number of hydrogen-bond acceptors (Lipinski definition) is 3. The van der Waals surface area contributed by atoms with Gasteiger partial charge in [-0.15, -0.1) is 0 Å². The van der Waals surface area contributed by atoms with Gasteiger partial charge in [0.05, 0.1) is 0 Å². The van der Waals surface area contributed by atoms with Gasteiger partial charge in [0.25, 0.3) is 0 Å². The minimum absolute atomic E-state index is 0.501. The maximum Gasteiger partial charge on any atom is 0.0480 e. The molecule has 1 saturated heterocycles. The van der Waals surface area contributed by atoms with Gasteiger partial charge in [0, 0.05) is 32.3 Å². The molecule has 0 radical (unpaired) electrons. The maximum absolute atomic E-state index is 5.51. The zero-order valence-corrected chi connectivity index (χ0v) is 13.8. The summed E-state index contributed by atoms with van der Waals surface area (Å²) in [6.45, 7) is 10.1. The largest absolute Gasteiger partial charge is 0.381 e. The molecule has 1 heterocycles. The molecule has 3 nitrogen and oxygen atoms in total. The summed E-state index contributed by atoms with van der Waals surface area (Å²) in [5, 5.41) is 3.64. The standard InChI is InChI=1S/C17H34N2O/c1-4-18-13-17(9-5-6-15(2)12-17)14-19(3)16-7-10-20-11-8-16/h15-16,18H,4-14H2,1-3H3. The summed E-state index contributed by atoms with van der Waals surface area (Å²) in [6.07, 6.45) is 8.06. The Labute approximate surface area is 125 Å². The molecule has 0 spiro atoms. The van der Waals surface area contributed by atoms with Crippen molar-refractivity contribution >= 4 is 0 Å². The Bertz CT molecular complexity index is 278. The third kappa shape index (κ3) is 4.44. The van der Waals surface area contributed by atoms with Crippen molar-refractivity contribution in [1.29, 1.82) is 0 Å². The second kappa shape index (κ2) is 7.77. The monoisotopic (exact) mass is 282 g/mol. The van der Waals surface area contributed by atoms with Gasteiger partial charge in [-0.3, -0.25) is 0 Å². The maximum atomic E-state index is 5.51. The van der Waals surface area contributed by atoms with E-state index >= 15 is 0 Å². The Balaban J connectivity index is 1.95. The summed E-state index contributed by atoms with van der Waals surface area (Å²) in [5.74, 6) is 0.894. The summed E-state index contributed by atoms with van der Waals surface area (Å²) in [4.78, 5) is 2.64. The first-order valence-electron chi connectivity index (χ1n) is 8.64. The highest BCUT2D eigenvalue weighted by Gasteiger charge is 2.36. The third-order valence-electron chi connectivity index (χ3n) is 5.33. The lowest BCUT2D eigenvalue weighted by Crippen LogP contribution is -2.49. The van der Waals surface area contributed by atoms with E-state index in [0.29, 0.717) is 5.41 Å². The molecule has 20 heavy (non-hydrogen) atoms. The van der Waals surface area contributed by atoms with Crippen molar-refractivity contribution in [2.45, 2.75) is 58.4 Å². The highest BCUT2D eigenvalue weighted by atomic mass is 16.5. The zero-order valence-electron chi connectivity index (χ0n) is 13.8. The van der Waals surface area contributed by atoms with E-state index in [4.69, 9.17) is 4.74 Å². The van der Waals surface area contributed by atoms with Crippen LogP contribution in [0.2, 0.25) is 0 Å². The molecule has 0 aromatic heterocycles. The van der Waals surface area contributed by atoms with Crippen LogP contribution in [0, 0.1) is 11.3 Å². The van der Waals surface area contributed by atoms with Crippen LogP contribution < -0.4 is 5.32 Å². The van der Waals surface area contributed by atoms with E-state index in [-0.39, 0.29) is 0 Å². The molecule has 0 aromatic rings. The van der Waals surface area contributed by atoms with E-state index in [9.17, 15) is 0 Å². The first kappa shape index (κ1) is 16.3. The number of nitrogens with one attached hydrogen (secondary N) is 1. The molecule has 2 fully saturated rings. The fraction of sp³-hybridized carbons (Fsp3) is 1.00. The summed E-state index contributed by atoms with van der Waals surface area (Å²) in [6, 6.07) is 0.736. The van der Waals surface area contributed by atoms with Crippen LogP contribution in [0.3, 0.4) is 0 Å². The van der Waals surface area contributed by atoms with Crippen molar-refractivity contribution in [3.63, 3.8) is 0 Å². The number of rotatable bonds is 6. The fourth-order valence-electron chi connectivity index (χ4n) is 4.30. The molecule has 3 heteroatoms. The van der Waals surface area contributed by atoms with E-state index in [1.54, 1.807) is 0 Å². The van der Waals surface area contributed by atoms with Gasteiger partial charge in [0.1, 0.15) is 0 Å². The average molecular weight is 282 g/mol. The molecule has 0 bridgehead atoms. The molecule has 2 atom stereocenters. The molecular weight excluding hydrogens is 248 g/mol. The predicted molar refractivity (Wildman–Crippen MR) is 85.1 cm³/mol. The van der Waals surface area contributed by atoms with Crippen LogP contribution in [0.25, 0.3) is 0 Å². The summed E-state index contributed by atoms with van der Waals surface area (Å²) in [5.41, 5.74) is 0.501. The molecule has 0 aromatic carbocycles. The van der Waals surface area contributed by atoms with Crippen molar-refractivity contribution in [2.75, 3.05) is 39.9 Å². The van der Waals surface area contributed by atoms with E-state index < -0.39 is 0 Å². The van der Waals surface area contributed by atoms with Crippen LogP contribution in [-0.4, -0.2) is 50.8 Å². The number of hydrogen-bond donors (Lipinski definition) is 1. The average Bonchev–Trinajstić information content (AvgIpc) is 2.46. The highest BCUT2D eigenvalue weighted by molar-refractivity contribution is 4.90. The molecule has 2 rings (SSSR count). The van der Waals surface area contributed by atoms with Gasteiger partial charge in [-0.25, -0.2) is 0 Å². The molecule has 2 aliphatic rings. The molecule has 1 aliphatic carbocycles. The lowest BCUT2D eigenvalue weighted by atomic mass is 9.69. The van der Waals surface area contributed by atoms with Crippen LogP contribution in [-0.2, 0) is 4.74 Å². The topological polar surface area (TPSA) is 24.5 Å². The summed E-state index contributed by atoms with van der Waals surface area (Å²) >= 11 is 0. The molecule has 2 unspecified atom stereocenters. The Morgan fingerprint density at radius 3 is 2.65 bits per heavy atom. The van der Waals surface area contributed by atoms with Gasteiger partial charge in [0.2, 0.25) is 0 Å². The third-order valence-corrected chi connectivity index (χ3v) is 5.33. The molecule has 118 valence electrons. The van der Waals surface area contributed by atoms with Crippen LogP contribution in [0.5, 0.6) is 0 Å². The van der Waals surface area contributed by atoms with Gasteiger partial charge in [0.15, 0.2) is 0 Å².